The van der Waals surface area contributed by atoms with Gasteiger partial charge in [-0.3, -0.25) is 0 Å². The van der Waals surface area contributed by atoms with Crippen LogP contribution in [-0.2, 0) is 0 Å². The van der Waals surface area contributed by atoms with E-state index in [2.05, 4.69) is 0 Å². The van der Waals surface area contributed by atoms with Crippen molar-refractivity contribution in [2.24, 2.45) is 0 Å². The molecule has 78 valence electrons. The lowest BCUT2D eigenvalue weighted by Crippen LogP contribution is -2.25. The summed E-state index contributed by atoms with van der Waals surface area (Å²) in [5.41, 5.74) is 1.15. The Morgan fingerprint density at radius 3 is 2.53 bits per heavy atom. The summed E-state index contributed by atoms with van der Waals surface area (Å²) < 4.78 is 13.4. The molecular weight excluding hydrogens is 195 g/mol. The van der Waals surface area contributed by atoms with E-state index in [9.17, 15) is 14.6 Å². The Balaban J connectivity index is 2.32. The molecule has 15 heavy (non-hydrogen) atoms. The zero-order valence-electron chi connectivity index (χ0n) is 8.02. The third kappa shape index (κ3) is 2.14. The van der Waals surface area contributed by atoms with Gasteiger partial charge < -0.3 is 10.2 Å². The number of hydrogen-bond acceptors (Lipinski definition) is 2. The van der Waals surface area contributed by atoms with Crippen molar-refractivity contribution in [3.63, 3.8) is 0 Å². The Bertz CT molecular complexity index is 433. The number of allylic oxidation sites excluding steroid dienone is 2. The van der Waals surface area contributed by atoms with Crippen LogP contribution in [0.3, 0.4) is 0 Å². The first-order valence-corrected chi connectivity index (χ1v) is 4.67. The van der Waals surface area contributed by atoms with Gasteiger partial charge in [-0.15, -0.1) is 0 Å². The molecule has 0 unspecified atom stereocenters. The minimum absolute atomic E-state index is 0.0766. The maximum Gasteiger partial charge on any atom is 0.186 e. The second-order valence-corrected chi connectivity index (χ2v) is 3.56. The molecule has 2 nitrogen and oxygen atoms in total. The van der Waals surface area contributed by atoms with Gasteiger partial charge in [-0.05, 0) is 17.7 Å². The van der Waals surface area contributed by atoms with E-state index in [1.807, 2.05) is 0 Å². The van der Waals surface area contributed by atoms with Crippen LogP contribution in [0.25, 0.3) is 5.57 Å². The highest BCUT2D eigenvalue weighted by Crippen LogP contribution is 2.26. The quantitative estimate of drug-likeness (QED) is 0.688. The van der Waals surface area contributed by atoms with Gasteiger partial charge in [-0.25, -0.2) is 4.39 Å². The molecule has 0 amide bonds. The molecule has 0 heterocycles. The summed E-state index contributed by atoms with van der Waals surface area (Å²) in [6, 6.07) is 6.40. The fraction of sp³-hybridized carbons (Fsp3) is 0.167. The van der Waals surface area contributed by atoms with Gasteiger partial charge in [0.05, 0.1) is 0 Å². The molecule has 0 aromatic heterocycles. The van der Waals surface area contributed by atoms with Crippen LogP contribution >= 0.6 is 0 Å². The van der Waals surface area contributed by atoms with Gasteiger partial charge in [-0.2, -0.15) is 0 Å². The van der Waals surface area contributed by atoms with Crippen LogP contribution in [-0.4, -0.2) is 16.0 Å². The molecule has 0 aliphatic heterocycles. The molecule has 0 fully saturated rings. The van der Waals surface area contributed by atoms with E-state index in [0.717, 1.165) is 0 Å². The van der Waals surface area contributed by atoms with Gasteiger partial charge in [0, 0.05) is 12.0 Å². The molecule has 2 rings (SSSR count). The average Bonchev–Trinajstić information content (AvgIpc) is 2.19. The summed E-state index contributed by atoms with van der Waals surface area (Å²) in [4.78, 5) is 0. The summed E-state index contributed by atoms with van der Waals surface area (Å²) in [6.45, 7) is 0. The Labute approximate surface area is 87.0 Å². The van der Waals surface area contributed by atoms with Gasteiger partial charge >= 0.3 is 0 Å². The molecular formula is C12H11FO2. The molecule has 1 aliphatic carbocycles. The summed E-state index contributed by atoms with van der Waals surface area (Å²) in [5.74, 6) is -2.11. The fourth-order valence-corrected chi connectivity index (χ4v) is 1.51. The van der Waals surface area contributed by atoms with E-state index in [0.29, 0.717) is 11.1 Å². The summed E-state index contributed by atoms with van der Waals surface area (Å²) in [7, 11) is 0. The zero-order valence-corrected chi connectivity index (χ0v) is 8.02. The van der Waals surface area contributed by atoms with Crippen molar-refractivity contribution >= 4 is 5.57 Å². The van der Waals surface area contributed by atoms with E-state index in [1.54, 1.807) is 24.3 Å². The van der Waals surface area contributed by atoms with Crippen molar-refractivity contribution in [3.8, 4) is 0 Å². The largest absolute Gasteiger partial charge is 0.362 e. The minimum atomic E-state index is -1.80. The second kappa shape index (κ2) is 3.61. The molecule has 0 saturated heterocycles. The Kier molecular flexibility index (Phi) is 2.42. The number of benzene rings is 1. The van der Waals surface area contributed by atoms with Crippen LogP contribution < -0.4 is 0 Å². The van der Waals surface area contributed by atoms with Crippen molar-refractivity contribution in [2.75, 3.05) is 0 Å². The van der Waals surface area contributed by atoms with Crippen molar-refractivity contribution in [1.29, 1.82) is 0 Å². The molecule has 1 aromatic rings. The molecule has 3 heteroatoms. The summed E-state index contributed by atoms with van der Waals surface area (Å²) >= 11 is 0. The molecule has 2 N–H and O–H groups in total. The van der Waals surface area contributed by atoms with Crippen LogP contribution in [0.5, 0.6) is 0 Å². The van der Waals surface area contributed by atoms with E-state index < -0.39 is 5.79 Å². The Morgan fingerprint density at radius 2 is 1.93 bits per heavy atom. The number of halogens is 1. The van der Waals surface area contributed by atoms with Gasteiger partial charge in [0.1, 0.15) is 5.82 Å². The van der Waals surface area contributed by atoms with Gasteiger partial charge in [0.2, 0.25) is 0 Å². The molecule has 0 bridgehead atoms. The first-order chi connectivity index (χ1) is 7.08. The number of rotatable bonds is 1. The standard InChI is InChI=1S/C12H11FO2/c13-11-4-2-1-3-10(11)9-5-7-12(14,15)8-6-9/h1-7,14-15H,8H2. The molecule has 0 saturated carbocycles. The fourth-order valence-electron chi connectivity index (χ4n) is 1.51. The van der Waals surface area contributed by atoms with Gasteiger partial charge in [-0.1, -0.05) is 30.4 Å². The average molecular weight is 206 g/mol. The minimum Gasteiger partial charge on any atom is -0.362 e. The first kappa shape index (κ1) is 10.1. The lowest BCUT2D eigenvalue weighted by atomic mass is 9.96. The second-order valence-electron chi connectivity index (χ2n) is 3.56. The highest BCUT2D eigenvalue weighted by molar-refractivity contribution is 5.75. The number of hydrogen-bond donors (Lipinski definition) is 2. The molecule has 0 radical (unpaired) electrons. The molecule has 1 aromatic carbocycles. The van der Waals surface area contributed by atoms with Crippen LogP contribution in [0, 0.1) is 5.82 Å². The normalized spacial score (nSPS) is 18.7. The summed E-state index contributed by atoms with van der Waals surface area (Å²) in [5, 5.41) is 18.5. The van der Waals surface area contributed by atoms with Crippen LogP contribution in [0.15, 0.2) is 42.5 Å². The van der Waals surface area contributed by atoms with E-state index in [4.69, 9.17) is 0 Å². The van der Waals surface area contributed by atoms with E-state index in [1.165, 1.54) is 18.2 Å². The molecule has 0 spiro atoms. The van der Waals surface area contributed by atoms with Gasteiger partial charge in [0.15, 0.2) is 5.79 Å². The predicted molar refractivity (Wildman–Crippen MR) is 55.3 cm³/mol. The van der Waals surface area contributed by atoms with Gasteiger partial charge in [0.25, 0.3) is 0 Å². The SMILES string of the molecule is OC1(O)C=CC(c2ccccc2F)=CC1. The van der Waals surface area contributed by atoms with E-state index >= 15 is 0 Å². The van der Waals surface area contributed by atoms with Crippen LogP contribution in [0.4, 0.5) is 4.39 Å². The Hall–Kier alpha value is -1.45. The predicted octanol–water partition coefficient (Wildman–Crippen LogP) is 1.85. The lowest BCUT2D eigenvalue weighted by molar-refractivity contribution is -0.114. The highest BCUT2D eigenvalue weighted by Gasteiger charge is 2.21. The van der Waals surface area contributed by atoms with Crippen LogP contribution in [0.1, 0.15) is 12.0 Å². The monoisotopic (exact) mass is 206 g/mol. The van der Waals surface area contributed by atoms with Crippen LogP contribution in [0.2, 0.25) is 0 Å². The maximum absolute atomic E-state index is 13.4. The van der Waals surface area contributed by atoms with E-state index in [-0.39, 0.29) is 12.2 Å². The number of aliphatic hydroxyl groups is 2. The topological polar surface area (TPSA) is 40.5 Å². The first-order valence-electron chi connectivity index (χ1n) is 4.67. The maximum atomic E-state index is 13.4. The van der Waals surface area contributed by atoms with Crippen molar-refractivity contribution < 1.29 is 14.6 Å². The third-order valence-electron chi connectivity index (χ3n) is 2.34. The van der Waals surface area contributed by atoms with Crippen molar-refractivity contribution in [1.82, 2.24) is 0 Å². The van der Waals surface area contributed by atoms with Crippen molar-refractivity contribution in [3.05, 3.63) is 53.9 Å². The molecule has 0 atom stereocenters. The summed E-state index contributed by atoms with van der Waals surface area (Å²) in [6.07, 6.45) is 4.46. The Morgan fingerprint density at radius 1 is 1.20 bits per heavy atom. The smallest absolute Gasteiger partial charge is 0.186 e. The molecule has 1 aliphatic rings. The highest BCUT2D eigenvalue weighted by atomic mass is 19.1. The third-order valence-corrected chi connectivity index (χ3v) is 2.34. The van der Waals surface area contributed by atoms with Crippen molar-refractivity contribution in [2.45, 2.75) is 12.2 Å². The lowest BCUT2D eigenvalue weighted by Gasteiger charge is -2.20. The zero-order chi connectivity index (χ0) is 10.9.